The lowest BCUT2D eigenvalue weighted by molar-refractivity contribution is -0.137. The maximum atomic E-state index is 13.3. The third-order valence-electron chi connectivity index (χ3n) is 4.53. The van der Waals surface area contributed by atoms with E-state index >= 15 is 0 Å². The van der Waals surface area contributed by atoms with Gasteiger partial charge in [0, 0.05) is 12.4 Å². The summed E-state index contributed by atoms with van der Waals surface area (Å²) in [6, 6.07) is 10.8. The van der Waals surface area contributed by atoms with Crippen LogP contribution in [0.5, 0.6) is 0 Å². The van der Waals surface area contributed by atoms with Gasteiger partial charge in [-0.2, -0.15) is 18.3 Å². The quantitative estimate of drug-likeness (QED) is 0.340. The molecule has 2 aromatic carbocycles. The predicted molar refractivity (Wildman–Crippen MR) is 115 cm³/mol. The van der Waals surface area contributed by atoms with Crippen LogP contribution in [0.15, 0.2) is 84.5 Å². The number of aromatic nitrogens is 2. The second-order valence-electron chi connectivity index (χ2n) is 6.81. The Hall–Kier alpha value is -3.60. The molecule has 1 heterocycles. The van der Waals surface area contributed by atoms with Crippen LogP contribution in [-0.4, -0.2) is 37.3 Å². The van der Waals surface area contributed by atoms with Crippen molar-refractivity contribution in [2.24, 2.45) is 0 Å². The molecule has 33 heavy (non-hydrogen) atoms. The molecule has 0 aliphatic rings. The van der Waals surface area contributed by atoms with Gasteiger partial charge in [0.15, 0.2) is 0 Å². The summed E-state index contributed by atoms with van der Waals surface area (Å²) in [6.45, 7) is 3.56. The average molecular weight is 479 g/mol. The highest BCUT2D eigenvalue weighted by atomic mass is 32.2. The molecule has 0 atom stereocenters. The standard InChI is InChI=1S/C22H20F3N3O4S/c1-2-11-28(19-8-4-7-18(16-19)22(23,24)25)33(30,31)20-9-3-6-17(15-20)21(29)32-14-13-27-12-5-10-26-27/h2-10,12,15-16H,1,11,13-14H2. The molecule has 0 unspecified atom stereocenters. The van der Waals surface area contributed by atoms with Gasteiger partial charge in [0.1, 0.15) is 6.61 Å². The molecule has 0 N–H and O–H groups in total. The fraction of sp³-hybridized carbons (Fsp3) is 0.182. The second kappa shape index (κ2) is 9.90. The fourth-order valence-electron chi connectivity index (χ4n) is 2.96. The number of rotatable bonds is 9. The van der Waals surface area contributed by atoms with Crippen molar-refractivity contribution in [1.29, 1.82) is 0 Å². The molecule has 0 aliphatic carbocycles. The zero-order chi connectivity index (χ0) is 24.1. The molecule has 0 aliphatic heterocycles. The smallest absolute Gasteiger partial charge is 0.416 e. The molecule has 0 saturated carbocycles. The molecule has 1 aromatic heterocycles. The van der Waals surface area contributed by atoms with E-state index in [-0.39, 0.29) is 29.3 Å². The molecule has 0 radical (unpaired) electrons. The van der Waals surface area contributed by atoms with Crippen molar-refractivity contribution in [1.82, 2.24) is 9.78 Å². The van der Waals surface area contributed by atoms with Gasteiger partial charge in [0.2, 0.25) is 0 Å². The first kappa shape index (κ1) is 24.1. The number of nitrogens with zero attached hydrogens (tertiary/aromatic N) is 3. The number of hydrogen-bond donors (Lipinski definition) is 0. The molecule has 3 rings (SSSR count). The summed E-state index contributed by atoms with van der Waals surface area (Å²) in [5.41, 5.74) is -1.19. The van der Waals surface area contributed by atoms with Gasteiger partial charge in [-0.15, -0.1) is 6.58 Å². The van der Waals surface area contributed by atoms with Crippen molar-refractivity contribution in [3.05, 3.63) is 90.8 Å². The van der Waals surface area contributed by atoms with Crippen LogP contribution in [0.4, 0.5) is 18.9 Å². The molecule has 0 fully saturated rings. The summed E-state index contributed by atoms with van der Waals surface area (Å²) >= 11 is 0. The Balaban J connectivity index is 1.85. The molecular weight excluding hydrogens is 459 g/mol. The number of anilines is 1. The van der Waals surface area contributed by atoms with E-state index in [2.05, 4.69) is 11.7 Å². The number of alkyl halides is 3. The number of carbonyl (C=O) groups is 1. The number of sulfonamides is 1. The molecule has 0 amide bonds. The lowest BCUT2D eigenvalue weighted by Gasteiger charge is -2.24. The minimum absolute atomic E-state index is 0.0147. The first-order chi connectivity index (χ1) is 15.6. The average Bonchev–Trinajstić information content (AvgIpc) is 3.30. The number of hydrogen-bond acceptors (Lipinski definition) is 5. The molecule has 11 heteroatoms. The van der Waals surface area contributed by atoms with E-state index in [1.54, 1.807) is 23.1 Å². The van der Waals surface area contributed by atoms with Gasteiger partial charge < -0.3 is 4.74 Å². The topological polar surface area (TPSA) is 81.5 Å². The lowest BCUT2D eigenvalue weighted by Crippen LogP contribution is -2.31. The summed E-state index contributed by atoms with van der Waals surface area (Å²) in [6.07, 6.45) is -0.108. The minimum Gasteiger partial charge on any atom is -0.460 e. The Morgan fingerprint density at radius 2 is 1.91 bits per heavy atom. The van der Waals surface area contributed by atoms with Gasteiger partial charge >= 0.3 is 12.1 Å². The largest absolute Gasteiger partial charge is 0.460 e. The van der Waals surface area contributed by atoms with Gasteiger partial charge in [-0.25, -0.2) is 13.2 Å². The normalized spacial score (nSPS) is 11.7. The van der Waals surface area contributed by atoms with E-state index < -0.39 is 27.7 Å². The van der Waals surface area contributed by atoms with Crippen LogP contribution in [0.2, 0.25) is 0 Å². The van der Waals surface area contributed by atoms with Crippen LogP contribution in [0.3, 0.4) is 0 Å². The van der Waals surface area contributed by atoms with Gasteiger partial charge in [-0.05, 0) is 42.5 Å². The zero-order valence-corrected chi connectivity index (χ0v) is 18.1. The molecule has 0 spiro atoms. The Morgan fingerprint density at radius 1 is 1.15 bits per heavy atom. The minimum atomic E-state index is -4.64. The lowest BCUT2D eigenvalue weighted by atomic mass is 10.2. The Kier molecular flexibility index (Phi) is 7.22. The van der Waals surface area contributed by atoms with Crippen LogP contribution in [0, 0.1) is 0 Å². The molecule has 0 bridgehead atoms. The Bertz CT molecular complexity index is 1230. The first-order valence-electron chi connectivity index (χ1n) is 9.68. The first-order valence-corrected chi connectivity index (χ1v) is 11.1. The third-order valence-corrected chi connectivity index (χ3v) is 6.32. The highest BCUT2D eigenvalue weighted by Crippen LogP contribution is 2.33. The van der Waals surface area contributed by atoms with E-state index in [4.69, 9.17) is 4.74 Å². The summed E-state index contributed by atoms with van der Waals surface area (Å²) in [5, 5.41) is 3.98. The molecule has 0 saturated heterocycles. The van der Waals surface area contributed by atoms with Crippen LogP contribution in [-0.2, 0) is 27.5 Å². The van der Waals surface area contributed by atoms with E-state index in [1.165, 1.54) is 30.3 Å². The van der Waals surface area contributed by atoms with Gasteiger partial charge in [0.25, 0.3) is 10.0 Å². The van der Waals surface area contributed by atoms with E-state index in [0.29, 0.717) is 6.54 Å². The van der Waals surface area contributed by atoms with E-state index in [1.807, 2.05) is 0 Å². The van der Waals surface area contributed by atoms with Crippen molar-refractivity contribution >= 4 is 21.7 Å². The predicted octanol–water partition coefficient (Wildman–Crippen LogP) is 4.14. The summed E-state index contributed by atoms with van der Waals surface area (Å²) in [7, 11) is -4.32. The van der Waals surface area contributed by atoms with Crippen LogP contribution < -0.4 is 4.31 Å². The van der Waals surface area contributed by atoms with Gasteiger partial charge in [-0.1, -0.05) is 18.2 Å². The van der Waals surface area contributed by atoms with Crippen molar-refractivity contribution in [2.75, 3.05) is 17.5 Å². The van der Waals surface area contributed by atoms with E-state index in [0.717, 1.165) is 28.6 Å². The number of benzene rings is 2. The van der Waals surface area contributed by atoms with Crippen molar-refractivity contribution in [2.45, 2.75) is 17.6 Å². The van der Waals surface area contributed by atoms with Crippen molar-refractivity contribution in [3.8, 4) is 0 Å². The number of esters is 1. The van der Waals surface area contributed by atoms with Gasteiger partial charge in [0.05, 0.1) is 34.8 Å². The zero-order valence-electron chi connectivity index (χ0n) is 17.3. The fourth-order valence-corrected chi connectivity index (χ4v) is 4.43. The Morgan fingerprint density at radius 3 is 2.58 bits per heavy atom. The number of halogens is 3. The van der Waals surface area contributed by atoms with Crippen LogP contribution in [0.1, 0.15) is 15.9 Å². The van der Waals surface area contributed by atoms with E-state index in [9.17, 15) is 26.4 Å². The van der Waals surface area contributed by atoms with Gasteiger partial charge in [-0.3, -0.25) is 8.99 Å². The molecule has 3 aromatic rings. The number of ether oxygens (including phenoxy) is 1. The SMILES string of the molecule is C=CCN(c1cccc(C(F)(F)F)c1)S(=O)(=O)c1cccc(C(=O)OCCn2cccn2)c1. The highest BCUT2D eigenvalue weighted by Gasteiger charge is 2.32. The van der Waals surface area contributed by atoms with Crippen LogP contribution >= 0.6 is 0 Å². The molecule has 7 nitrogen and oxygen atoms in total. The second-order valence-corrected chi connectivity index (χ2v) is 8.67. The maximum Gasteiger partial charge on any atom is 0.416 e. The third kappa shape index (κ3) is 5.80. The Labute approximate surface area is 188 Å². The monoisotopic (exact) mass is 479 g/mol. The van der Waals surface area contributed by atoms with Crippen molar-refractivity contribution < 1.29 is 31.1 Å². The summed E-state index contributed by atoms with van der Waals surface area (Å²) in [5.74, 6) is -0.742. The summed E-state index contributed by atoms with van der Waals surface area (Å²) in [4.78, 5) is 12.1. The summed E-state index contributed by atoms with van der Waals surface area (Å²) < 4.78 is 73.4. The molecular formula is C22H20F3N3O4S. The molecule has 174 valence electrons. The van der Waals surface area contributed by atoms with Crippen molar-refractivity contribution in [3.63, 3.8) is 0 Å². The number of carbonyl (C=O) groups excluding carboxylic acids is 1. The maximum absolute atomic E-state index is 13.3. The highest BCUT2D eigenvalue weighted by molar-refractivity contribution is 7.92. The van der Waals surface area contributed by atoms with Crippen LogP contribution in [0.25, 0.3) is 0 Å².